The fourth-order valence-electron chi connectivity index (χ4n) is 2.82. The molecule has 1 fully saturated rings. The zero-order chi connectivity index (χ0) is 14.4. The number of nitrogens with two attached hydrogens (primary N) is 1. The van der Waals surface area contributed by atoms with E-state index in [0.29, 0.717) is 18.0 Å². The van der Waals surface area contributed by atoms with Crippen LogP contribution in [-0.4, -0.2) is 36.0 Å². The molecule has 0 saturated carbocycles. The maximum atomic E-state index is 5.94. The highest BCUT2D eigenvalue weighted by atomic mass is 15.2. The van der Waals surface area contributed by atoms with E-state index in [0.717, 1.165) is 12.2 Å². The van der Waals surface area contributed by atoms with Crippen LogP contribution in [-0.2, 0) is 0 Å². The molecule has 110 valence electrons. The number of piperidine rings is 1. The number of likely N-dealkylation sites (tertiary alicyclic amines) is 1. The fourth-order valence-corrected chi connectivity index (χ4v) is 2.82. The third kappa shape index (κ3) is 4.23. The number of guanidine groups is 1. The Balaban J connectivity index is 1.84. The van der Waals surface area contributed by atoms with Gasteiger partial charge in [0.05, 0.1) is 6.54 Å². The second-order valence-electron chi connectivity index (χ2n) is 5.65. The van der Waals surface area contributed by atoms with Crippen molar-refractivity contribution in [2.45, 2.75) is 45.2 Å². The highest BCUT2D eigenvalue weighted by molar-refractivity contribution is 5.92. The molecule has 0 aromatic heterocycles. The Morgan fingerprint density at radius 3 is 2.85 bits per heavy atom. The Kier molecular flexibility index (Phi) is 5.41. The van der Waals surface area contributed by atoms with E-state index in [4.69, 9.17) is 5.73 Å². The van der Waals surface area contributed by atoms with E-state index in [1.165, 1.54) is 25.8 Å². The van der Waals surface area contributed by atoms with Gasteiger partial charge in [0.2, 0.25) is 0 Å². The number of para-hydroxylation sites is 1. The number of nitrogens with zero attached hydrogens (tertiary/aromatic N) is 2. The van der Waals surface area contributed by atoms with Crippen molar-refractivity contribution >= 4 is 11.6 Å². The van der Waals surface area contributed by atoms with Crippen molar-refractivity contribution in [3.05, 3.63) is 30.3 Å². The Hall–Kier alpha value is -1.55. The normalized spacial score (nSPS) is 22.5. The smallest absolute Gasteiger partial charge is 0.193 e. The van der Waals surface area contributed by atoms with Crippen LogP contribution in [0.15, 0.2) is 35.3 Å². The first-order valence-corrected chi connectivity index (χ1v) is 7.54. The van der Waals surface area contributed by atoms with Gasteiger partial charge in [0, 0.05) is 17.8 Å². The second kappa shape index (κ2) is 7.29. The van der Waals surface area contributed by atoms with Crippen molar-refractivity contribution in [2.75, 3.05) is 18.4 Å². The largest absolute Gasteiger partial charge is 0.370 e. The Labute approximate surface area is 122 Å². The first-order chi connectivity index (χ1) is 9.66. The first kappa shape index (κ1) is 14.9. The number of nitrogens with one attached hydrogen (secondary N) is 1. The standard InChI is InChI=1S/C16H26N4/c1-13-8-6-7-11-20(13)14(2)12-18-16(17)19-15-9-4-3-5-10-15/h3-5,9-10,13-14H,6-8,11-12H2,1-2H3,(H3,17,18,19). The third-order valence-electron chi connectivity index (χ3n) is 3.99. The van der Waals surface area contributed by atoms with Crippen LogP contribution in [0.3, 0.4) is 0 Å². The molecule has 1 aliphatic heterocycles. The average molecular weight is 274 g/mol. The minimum absolute atomic E-state index is 0.446. The lowest BCUT2D eigenvalue weighted by molar-refractivity contribution is 0.118. The van der Waals surface area contributed by atoms with Crippen LogP contribution in [0.25, 0.3) is 0 Å². The Bertz CT molecular complexity index is 429. The molecule has 0 bridgehead atoms. The van der Waals surface area contributed by atoms with Crippen LogP contribution in [0.4, 0.5) is 5.69 Å². The van der Waals surface area contributed by atoms with Gasteiger partial charge >= 0.3 is 0 Å². The van der Waals surface area contributed by atoms with Gasteiger partial charge in [0.15, 0.2) is 5.96 Å². The van der Waals surface area contributed by atoms with Gasteiger partial charge in [-0.15, -0.1) is 0 Å². The average Bonchev–Trinajstić information content (AvgIpc) is 2.46. The summed E-state index contributed by atoms with van der Waals surface area (Å²) in [6.45, 7) is 6.48. The molecule has 4 nitrogen and oxygen atoms in total. The summed E-state index contributed by atoms with van der Waals surface area (Å²) in [5.74, 6) is 0.493. The van der Waals surface area contributed by atoms with Crippen molar-refractivity contribution < 1.29 is 0 Å². The van der Waals surface area contributed by atoms with E-state index in [9.17, 15) is 0 Å². The first-order valence-electron chi connectivity index (χ1n) is 7.54. The van der Waals surface area contributed by atoms with Gasteiger partial charge in [-0.3, -0.25) is 9.89 Å². The minimum atomic E-state index is 0.446. The van der Waals surface area contributed by atoms with Crippen LogP contribution >= 0.6 is 0 Å². The lowest BCUT2D eigenvalue weighted by atomic mass is 10.0. The van der Waals surface area contributed by atoms with Gasteiger partial charge in [-0.2, -0.15) is 0 Å². The summed E-state index contributed by atoms with van der Waals surface area (Å²) in [6.07, 6.45) is 3.95. The zero-order valence-electron chi connectivity index (χ0n) is 12.5. The molecule has 3 N–H and O–H groups in total. The van der Waals surface area contributed by atoms with Crippen molar-refractivity contribution in [3.8, 4) is 0 Å². The molecule has 1 aromatic rings. The van der Waals surface area contributed by atoms with Crippen LogP contribution in [0.2, 0.25) is 0 Å². The van der Waals surface area contributed by atoms with Crippen molar-refractivity contribution in [2.24, 2.45) is 10.7 Å². The number of benzene rings is 1. The number of anilines is 1. The number of hydrogen-bond acceptors (Lipinski definition) is 2. The molecular formula is C16H26N4. The lowest BCUT2D eigenvalue weighted by Crippen LogP contribution is -2.45. The molecule has 20 heavy (non-hydrogen) atoms. The molecule has 1 aromatic carbocycles. The predicted octanol–water partition coefficient (Wildman–Crippen LogP) is 2.68. The summed E-state index contributed by atoms with van der Waals surface area (Å²) < 4.78 is 0. The van der Waals surface area contributed by atoms with Gasteiger partial charge in [-0.1, -0.05) is 24.6 Å². The Morgan fingerprint density at radius 2 is 2.15 bits per heavy atom. The summed E-state index contributed by atoms with van der Waals surface area (Å²) in [7, 11) is 0. The van der Waals surface area contributed by atoms with Crippen LogP contribution < -0.4 is 11.1 Å². The molecule has 1 heterocycles. The third-order valence-corrected chi connectivity index (χ3v) is 3.99. The molecule has 0 radical (unpaired) electrons. The van der Waals surface area contributed by atoms with E-state index in [-0.39, 0.29) is 0 Å². The van der Waals surface area contributed by atoms with Gasteiger partial charge < -0.3 is 11.1 Å². The fraction of sp³-hybridized carbons (Fsp3) is 0.562. The van der Waals surface area contributed by atoms with Crippen molar-refractivity contribution in [3.63, 3.8) is 0 Å². The lowest BCUT2D eigenvalue weighted by Gasteiger charge is -2.37. The summed E-state index contributed by atoms with van der Waals surface area (Å²) in [5, 5.41) is 3.12. The number of rotatable bonds is 4. The Morgan fingerprint density at radius 1 is 1.40 bits per heavy atom. The van der Waals surface area contributed by atoms with Crippen LogP contribution in [0, 0.1) is 0 Å². The second-order valence-corrected chi connectivity index (χ2v) is 5.65. The van der Waals surface area contributed by atoms with Gasteiger partial charge in [0.25, 0.3) is 0 Å². The number of aliphatic imine (C=N–C) groups is 1. The molecular weight excluding hydrogens is 248 g/mol. The summed E-state index contributed by atoms with van der Waals surface area (Å²) in [5.41, 5.74) is 6.92. The molecule has 4 heteroatoms. The predicted molar refractivity (Wildman–Crippen MR) is 86.0 cm³/mol. The number of hydrogen-bond donors (Lipinski definition) is 2. The van der Waals surface area contributed by atoms with E-state index >= 15 is 0 Å². The van der Waals surface area contributed by atoms with Crippen molar-refractivity contribution in [1.82, 2.24) is 4.90 Å². The molecule has 0 spiro atoms. The maximum Gasteiger partial charge on any atom is 0.193 e. The monoisotopic (exact) mass is 274 g/mol. The zero-order valence-corrected chi connectivity index (χ0v) is 12.5. The molecule has 1 aliphatic rings. The topological polar surface area (TPSA) is 53.6 Å². The van der Waals surface area contributed by atoms with Crippen LogP contribution in [0.1, 0.15) is 33.1 Å². The van der Waals surface area contributed by atoms with E-state index in [1.54, 1.807) is 0 Å². The minimum Gasteiger partial charge on any atom is -0.370 e. The van der Waals surface area contributed by atoms with Gasteiger partial charge in [-0.05, 0) is 45.4 Å². The molecule has 0 aliphatic carbocycles. The summed E-state index contributed by atoms with van der Waals surface area (Å²) >= 11 is 0. The summed E-state index contributed by atoms with van der Waals surface area (Å²) in [4.78, 5) is 7.02. The molecule has 0 amide bonds. The van der Waals surface area contributed by atoms with Crippen LogP contribution in [0.5, 0.6) is 0 Å². The highest BCUT2D eigenvalue weighted by Crippen LogP contribution is 2.19. The van der Waals surface area contributed by atoms with Crippen molar-refractivity contribution in [1.29, 1.82) is 0 Å². The molecule has 2 rings (SSSR count). The van der Waals surface area contributed by atoms with E-state index in [1.807, 2.05) is 30.3 Å². The highest BCUT2D eigenvalue weighted by Gasteiger charge is 2.22. The SMILES string of the molecule is CC1CCCCN1C(C)CN=C(N)Nc1ccccc1. The molecule has 2 atom stereocenters. The molecule has 2 unspecified atom stereocenters. The van der Waals surface area contributed by atoms with E-state index < -0.39 is 0 Å². The quantitative estimate of drug-likeness (QED) is 0.655. The molecule has 1 saturated heterocycles. The van der Waals surface area contributed by atoms with Gasteiger partial charge in [-0.25, -0.2) is 0 Å². The maximum absolute atomic E-state index is 5.94. The summed E-state index contributed by atoms with van der Waals surface area (Å²) in [6, 6.07) is 11.0. The van der Waals surface area contributed by atoms with Gasteiger partial charge in [0.1, 0.15) is 0 Å². The van der Waals surface area contributed by atoms with E-state index in [2.05, 4.69) is 29.1 Å².